The molecule has 5 heteroatoms. The number of anilines is 1. The van der Waals surface area contributed by atoms with Crippen molar-refractivity contribution in [2.45, 2.75) is 64.9 Å². The smallest absolute Gasteiger partial charge is 0.410 e. The molecule has 5 nitrogen and oxygen atoms in total. The van der Waals surface area contributed by atoms with Gasteiger partial charge >= 0.3 is 6.09 Å². The van der Waals surface area contributed by atoms with E-state index in [0.717, 1.165) is 30.5 Å². The van der Waals surface area contributed by atoms with Gasteiger partial charge in [-0.05, 0) is 64.0 Å². The average molecular weight is 373 g/mol. The standard InChI is InChI=1S/C22H32N2O3/c1-20(2,3)27-19(26)24-13-11-21(4,12-14-24)15-22(5)16-9-7-8-10-17(16)23(6)18(22)25/h7-10H,11-15H2,1-6H3. The molecule has 0 N–H and O–H groups in total. The van der Waals surface area contributed by atoms with Gasteiger partial charge in [-0.2, -0.15) is 0 Å². The summed E-state index contributed by atoms with van der Waals surface area (Å²) in [6.45, 7) is 11.3. The number of rotatable bonds is 2. The highest BCUT2D eigenvalue weighted by Crippen LogP contribution is 2.49. The van der Waals surface area contributed by atoms with Crippen molar-refractivity contribution in [1.82, 2.24) is 4.90 Å². The van der Waals surface area contributed by atoms with Crippen LogP contribution in [0.25, 0.3) is 0 Å². The molecule has 1 saturated heterocycles. The van der Waals surface area contributed by atoms with Gasteiger partial charge in [-0.25, -0.2) is 4.79 Å². The van der Waals surface area contributed by atoms with Gasteiger partial charge in [-0.1, -0.05) is 25.1 Å². The lowest BCUT2D eigenvalue weighted by Crippen LogP contribution is -2.47. The van der Waals surface area contributed by atoms with Gasteiger partial charge in [0, 0.05) is 25.8 Å². The van der Waals surface area contributed by atoms with Gasteiger partial charge < -0.3 is 14.5 Å². The van der Waals surface area contributed by atoms with Crippen LogP contribution in [0.4, 0.5) is 10.5 Å². The number of hydrogen-bond donors (Lipinski definition) is 0. The van der Waals surface area contributed by atoms with Crippen LogP contribution in [0.1, 0.15) is 59.4 Å². The number of carbonyl (C=O) groups excluding carboxylic acids is 2. The van der Waals surface area contributed by atoms with Crippen LogP contribution in [0.3, 0.4) is 0 Å². The Morgan fingerprint density at radius 1 is 1.15 bits per heavy atom. The minimum absolute atomic E-state index is 0.0151. The Labute approximate surface area is 162 Å². The third kappa shape index (κ3) is 3.69. The van der Waals surface area contributed by atoms with Crippen LogP contribution in [0, 0.1) is 5.41 Å². The van der Waals surface area contributed by atoms with Gasteiger partial charge in [0.15, 0.2) is 0 Å². The molecule has 2 heterocycles. The Morgan fingerprint density at radius 2 is 1.74 bits per heavy atom. The van der Waals surface area contributed by atoms with Crippen molar-refractivity contribution in [3.63, 3.8) is 0 Å². The van der Waals surface area contributed by atoms with E-state index < -0.39 is 11.0 Å². The summed E-state index contributed by atoms with van der Waals surface area (Å²) in [5, 5.41) is 0. The number of nitrogens with zero attached hydrogens (tertiary/aromatic N) is 2. The first-order chi connectivity index (χ1) is 12.5. The summed E-state index contributed by atoms with van der Waals surface area (Å²) in [5.74, 6) is 0.166. The molecule has 0 saturated carbocycles. The SMILES string of the molecule is CN1C(=O)C(C)(CC2(C)CCN(C(=O)OC(C)(C)C)CC2)c2ccccc21. The second-order valence-electron chi connectivity index (χ2n) is 9.67. The summed E-state index contributed by atoms with van der Waals surface area (Å²) >= 11 is 0. The summed E-state index contributed by atoms with van der Waals surface area (Å²) in [6.07, 6.45) is 2.31. The normalized spacial score (nSPS) is 24.7. The van der Waals surface area contributed by atoms with E-state index in [2.05, 4.69) is 19.9 Å². The fraction of sp³-hybridized carbons (Fsp3) is 0.636. The Morgan fingerprint density at radius 3 is 2.33 bits per heavy atom. The van der Waals surface area contributed by atoms with Crippen molar-refractivity contribution in [3.8, 4) is 0 Å². The van der Waals surface area contributed by atoms with E-state index in [-0.39, 0.29) is 17.4 Å². The van der Waals surface area contributed by atoms with Crippen LogP contribution in [0.2, 0.25) is 0 Å². The number of likely N-dealkylation sites (tertiary alicyclic amines) is 1. The molecule has 0 radical (unpaired) electrons. The maximum Gasteiger partial charge on any atom is 0.410 e. The van der Waals surface area contributed by atoms with Gasteiger partial charge in [0.25, 0.3) is 0 Å². The van der Waals surface area contributed by atoms with E-state index in [1.807, 2.05) is 46.0 Å². The van der Waals surface area contributed by atoms with Crippen molar-refractivity contribution in [2.75, 3.05) is 25.0 Å². The first-order valence-electron chi connectivity index (χ1n) is 9.81. The molecular weight excluding hydrogens is 340 g/mol. The number of ether oxygens (including phenoxy) is 1. The monoisotopic (exact) mass is 372 g/mol. The molecule has 0 aromatic heterocycles. The summed E-state index contributed by atoms with van der Waals surface area (Å²) in [5.41, 5.74) is 1.17. The zero-order valence-corrected chi connectivity index (χ0v) is 17.5. The van der Waals surface area contributed by atoms with E-state index >= 15 is 0 Å². The molecule has 2 aliphatic heterocycles. The highest BCUT2D eigenvalue weighted by molar-refractivity contribution is 6.07. The molecule has 27 heavy (non-hydrogen) atoms. The maximum atomic E-state index is 13.1. The predicted octanol–water partition coefficient (Wildman–Crippen LogP) is 4.35. The Bertz CT molecular complexity index is 744. The summed E-state index contributed by atoms with van der Waals surface area (Å²) in [4.78, 5) is 29.0. The second kappa shape index (κ2) is 6.54. The molecule has 3 rings (SSSR count). The fourth-order valence-electron chi connectivity index (χ4n) is 4.58. The number of para-hydroxylation sites is 1. The number of hydrogen-bond acceptors (Lipinski definition) is 3. The largest absolute Gasteiger partial charge is 0.444 e. The molecule has 2 amide bonds. The second-order valence-corrected chi connectivity index (χ2v) is 9.67. The predicted molar refractivity (Wildman–Crippen MR) is 107 cm³/mol. The number of carbonyl (C=O) groups is 2. The molecular formula is C22H32N2O3. The minimum Gasteiger partial charge on any atom is -0.444 e. The molecule has 1 unspecified atom stereocenters. The molecule has 0 aliphatic carbocycles. The van der Waals surface area contributed by atoms with Gasteiger partial charge in [-0.3, -0.25) is 4.79 Å². The molecule has 1 fully saturated rings. The lowest BCUT2D eigenvalue weighted by atomic mass is 9.66. The highest BCUT2D eigenvalue weighted by Gasteiger charge is 2.50. The lowest BCUT2D eigenvalue weighted by molar-refractivity contribution is -0.123. The number of likely N-dealkylation sites (N-methyl/N-ethyl adjacent to an activating group) is 1. The number of amides is 2. The van der Waals surface area contributed by atoms with E-state index in [4.69, 9.17) is 4.74 Å². The van der Waals surface area contributed by atoms with Crippen LogP contribution in [0.15, 0.2) is 24.3 Å². The van der Waals surface area contributed by atoms with E-state index in [0.29, 0.717) is 13.1 Å². The van der Waals surface area contributed by atoms with E-state index in [1.54, 1.807) is 9.80 Å². The van der Waals surface area contributed by atoms with Gasteiger partial charge in [0.1, 0.15) is 5.60 Å². The van der Waals surface area contributed by atoms with Crippen molar-refractivity contribution in [2.24, 2.45) is 5.41 Å². The minimum atomic E-state index is -0.506. The van der Waals surface area contributed by atoms with Gasteiger partial charge in [0.2, 0.25) is 5.91 Å². The van der Waals surface area contributed by atoms with E-state index in [1.165, 1.54) is 0 Å². The zero-order chi connectivity index (χ0) is 20.0. The summed E-state index contributed by atoms with van der Waals surface area (Å²) < 4.78 is 5.50. The molecule has 2 aliphatic rings. The van der Waals surface area contributed by atoms with Crippen molar-refractivity contribution in [3.05, 3.63) is 29.8 Å². The van der Waals surface area contributed by atoms with Crippen molar-refractivity contribution < 1.29 is 14.3 Å². The first-order valence-corrected chi connectivity index (χ1v) is 9.81. The van der Waals surface area contributed by atoms with Crippen LogP contribution in [0.5, 0.6) is 0 Å². The van der Waals surface area contributed by atoms with Crippen LogP contribution in [-0.4, -0.2) is 42.6 Å². The summed E-state index contributed by atoms with van der Waals surface area (Å²) in [7, 11) is 1.86. The molecule has 1 aromatic carbocycles. The van der Waals surface area contributed by atoms with Gasteiger partial charge in [-0.15, -0.1) is 0 Å². The third-order valence-corrected chi connectivity index (χ3v) is 6.04. The van der Waals surface area contributed by atoms with Crippen LogP contribution in [-0.2, 0) is 14.9 Å². The Balaban J connectivity index is 1.72. The molecule has 1 atom stereocenters. The summed E-state index contributed by atoms with van der Waals surface area (Å²) in [6, 6.07) is 8.09. The van der Waals surface area contributed by atoms with Crippen LogP contribution < -0.4 is 4.90 Å². The lowest BCUT2D eigenvalue weighted by Gasteiger charge is -2.43. The van der Waals surface area contributed by atoms with Crippen molar-refractivity contribution >= 4 is 17.7 Å². The number of fused-ring (bicyclic) bond motifs is 1. The molecule has 1 aromatic rings. The maximum absolute atomic E-state index is 13.1. The number of piperidine rings is 1. The Hall–Kier alpha value is -2.04. The van der Waals surface area contributed by atoms with Crippen molar-refractivity contribution in [1.29, 1.82) is 0 Å². The Kier molecular flexibility index (Phi) is 4.77. The molecule has 0 bridgehead atoms. The zero-order valence-electron chi connectivity index (χ0n) is 17.5. The highest BCUT2D eigenvalue weighted by atomic mass is 16.6. The third-order valence-electron chi connectivity index (χ3n) is 6.04. The first kappa shape index (κ1) is 19.7. The average Bonchev–Trinajstić information content (AvgIpc) is 2.76. The fourth-order valence-corrected chi connectivity index (χ4v) is 4.58. The molecule has 0 spiro atoms. The van der Waals surface area contributed by atoms with Crippen LogP contribution >= 0.6 is 0 Å². The van der Waals surface area contributed by atoms with Gasteiger partial charge in [0.05, 0.1) is 5.41 Å². The number of benzene rings is 1. The quantitative estimate of drug-likeness (QED) is 0.775. The topological polar surface area (TPSA) is 49.9 Å². The molecule has 148 valence electrons. The van der Waals surface area contributed by atoms with E-state index in [9.17, 15) is 9.59 Å².